The number of ether oxygens (including phenoxy) is 2. The van der Waals surface area contributed by atoms with Crippen LogP contribution in [0.4, 0.5) is 0 Å². The normalized spacial score (nSPS) is 16.0. The van der Waals surface area contributed by atoms with Crippen molar-refractivity contribution in [3.63, 3.8) is 0 Å². The second kappa shape index (κ2) is 4.56. The Kier molecular flexibility index (Phi) is 2.70. The highest BCUT2D eigenvalue weighted by atomic mass is 32.2. The summed E-state index contributed by atoms with van der Waals surface area (Å²) in [7, 11) is 0. The van der Waals surface area contributed by atoms with Crippen LogP contribution >= 0.6 is 11.8 Å². The molecule has 3 heterocycles. The quantitative estimate of drug-likeness (QED) is 0.869. The topological polar surface area (TPSA) is 64.2 Å². The fourth-order valence-corrected chi connectivity index (χ4v) is 3.43. The molecular formula is C14H12N2O3S. The zero-order valence-corrected chi connectivity index (χ0v) is 11.5. The molecule has 6 heteroatoms. The number of benzene rings is 1. The Bertz CT molecular complexity index is 742. The van der Waals surface area contributed by atoms with Gasteiger partial charge in [-0.05, 0) is 18.2 Å². The van der Waals surface area contributed by atoms with Crippen LogP contribution < -0.4 is 15.0 Å². The zero-order valence-electron chi connectivity index (χ0n) is 10.6. The molecule has 2 aliphatic rings. The molecule has 0 bridgehead atoms. The van der Waals surface area contributed by atoms with Gasteiger partial charge in [0, 0.05) is 22.6 Å². The van der Waals surface area contributed by atoms with Gasteiger partial charge in [0.2, 0.25) is 0 Å². The summed E-state index contributed by atoms with van der Waals surface area (Å²) >= 11 is 1.72. The Morgan fingerprint density at radius 3 is 2.90 bits per heavy atom. The molecular weight excluding hydrogens is 276 g/mol. The lowest BCUT2D eigenvalue weighted by atomic mass is 10.1. The van der Waals surface area contributed by atoms with Crippen molar-refractivity contribution < 1.29 is 9.47 Å². The fraction of sp³-hybridized carbons (Fsp3) is 0.286. The molecule has 0 radical (unpaired) electrons. The Labute approximate surface area is 119 Å². The summed E-state index contributed by atoms with van der Waals surface area (Å²) in [5.41, 5.74) is 2.50. The highest BCUT2D eigenvalue weighted by Crippen LogP contribution is 2.34. The summed E-state index contributed by atoms with van der Waals surface area (Å²) in [6.45, 7) is 1.11. The van der Waals surface area contributed by atoms with Gasteiger partial charge in [0.25, 0.3) is 5.56 Å². The van der Waals surface area contributed by atoms with Gasteiger partial charge in [0.1, 0.15) is 19.0 Å². The Balaban J connectivity index is 1.81. The molecule has 0 atom stereocenters. The molecule has 2 aromatic rings. The number of aromatic nitrogens is 2. The van der Waals surface area contributed by atoms with Crippen molar-refractivity contribution in [1.29, 1.82) is 0 Å². The van der Waals surface area contributed by atoms with Crippen LogP contribution in [0, 0.1) is 0 Å². The number of nitrogens with one attached hydrogen (secondary N) is 1. The summed E-state index contributed by atoms with van der Waals surface area (Å²) in [5.74, 6) is 3.58. The van der Waals surface area contributed by atoms with Gasteiger partial charge in [-0.2, -0.15) is 11.8 Å². The minimum Gasteiger partial charge on any atom is -0.486 e. The first-order valence-electron chi connectivity index (χ1n) is 6.41. The maximum atomic E-state index is 12.0. The van der Waals surface area contributed by atoms with Crippen molar-refractivity contribution in [2.75, 3.05) is 13.2 Å². The van der Waals surface area contributed by atoms with Crippen molar-refractivity contribution in [3.8, 4) is 22.9 Å². The molecule has 0 saturated heterocycles. The molecule has 0 saturated carbocycles. The molecule has 0 spiro atoms. The van der Waals surface area contributed by atoms with Gasteiger partial charge >= 0.3 is 0 Å². The molecule has 1 aromatic carbocycles. The van der Waals surface area contributed by atoms with E-state index >= 15 is 0 Å². The molecule has 5 nitrogen and oxygen atoms in total. The van der Waals surface area contributed by atoms with Gasteiger partial charge in [0.15, 0.2) is 11.5 Å². The first-order chi connectivity index (χ1) is 9.81. The Hall–Kier alpha value is -1.95. The third kappa shape index (κ3) is 1.87. The predicted octanol–water partition coefficient (Wildman–Crippen LogP) is 1.95. The largest absolute Gasteiger partial charge is 0.486 e. The van der Waals surface area contributed by atoms with E-state index in [1.54, 1.807) is 11.8 Å². The fourth-order valence-electron chi connectivity index (χ4n) is 2.39. The summed E-state index contributed by atoms with van der Waals surface area (Å²) in [5, 5.41) is 0. The van der Waals surface area contributed by atoms with E-state index in [0.717, 1.165) is 34.1 Å². The predicted molar refractivity (Wildman–Crippen MR) is 76.3 cm³/mol. The van der Waals surface area contributed by atoms with Crippen molar-refractivity contribution >= 4 is 11.8 Å². The Morgan fingerprint density at radius 2 is 2.00 bits per heavy atom. The number of rotatable bonds is 1. The summed E-state index contributed by atoms with van der Waals surface area (Å²) < 4.78 is 11.1. The first-order valence-corrected chi connectivity index (χ1v) is 7.56. The lowest BCUT2D eigenvalue weighted by Crippen LogP contribution is -2.16. The van der Waals surface area contributed by atoms with Crippen molar-refractivity contribution in [3.05, 3.63) is 39.8 Å². The van der Waals surface area contributed by atoms with Gasteiger partial charge in [-0.25, -0.2) is 4.98 Å². The molecule has 0 aliphatic carbocycles. The van der Waals surface area contributed by atoms with Gasteiger partial charge in [0.05, 0.1) is 5.69 Å². The van der Waals surface area contributed by atoms with E-state index in [1.807, 2.05) is 18.2 Å². The summed E-state index contributed by atoms with van der Waals surface area (Å²) in [4.78, 5) is 19.4. The number of aromatic amines is 1. The molecule has 0 unspecified atom stereocenters. The maximum Gasteiger partial charge on any atom is 0.255 e. The zero-order chi connectivity index (χ0) is 13.5. The molecule has 2 aliphatic heterocycles. The summed E-state index contributed by atoms with van der Waals surface area (Å²) in [6.07, 6.45) is 0. The van der Waals surface area contributed by atoms with Crippen LogP contribution in [-0.2, 0) is 11.5 Å². The van der Waals surface area contributed by atoms with Crippen molar-refractivity contribution in [2.45, 2.75) is 11.5 Å². The van der Waals surface area contributed by atoms with Crippen LogP contribution in [0.1, 0.15) is 11.3 Å². The van der Waals surface area contributed by atoms with E-state index in [-0.39, 0.29) is 5.56 Å². The van der Waals surface area contributed by atoms with Crippen LogP contribution in [0.5, 0.6) is 11.5 Å². The summed E-state index contributed by atoms with van der Waals surface area (Å²) in [6, 6.07) is 5.60. The number of nitrogens with zero attached hydrogens (tertiary/aromatic N) is 1. The third-order valence-corrected chi connectivity index (χ3v) is 4.37. The maximum absolute atomic E-state index is 12.0. The lowest BCUT2D eigenvalue weighted by Gasteiger charge is -2.18. The van der Waals surface area contributed by atoms with Crippen LogP contribution in [0.15, 0.2) is 23.0 Å². The molecule has 102 valence electrons. The average Bonchev–Trinajstić information content (AvgIpc) is 2.96. The van der Waals surface area contributed by atoms with Crippen LogP contribution in [0.25, 0.3) is 11.4 Å². The standard InChI is InChI=1S/C14H12N2O3S/c17-14-9-6-20-7-10(9)15-13(16-14)8-1-2-11-12(5-8)19-4-3-18-11/h1-2,5H,3-4,6-7H2,(H,15,16,17). The highest BCUT2D eigenvalue weighted by molar-refractivity contribution is 7.98. The Morgan fingerprint density at radius 1 is 1.15 bits per heavy atom. The highest BCUT2D eigenvalue weighted by Gasteiger charge is 2.19. The second-order valence-corrected chi connectivity index (χ2v) is 5.68. The van der Waals surface area contributed by atoms with E-state index < -0.39 is 0 Å². The average molecular weight is 288 g/mol. The number of fused-ring (bicyclic) bond motifs is 2. The van der Waals surface area contributed by atoms with Gasteiger partial charge in [-0.15, -0.1) is 0 Å². The second-order valence-electron chi connectivity index (χ2n) is 4.69. The molecule has 4 rings (SSSR count). The molecule has 1 aromatic heterocycles. The first kappa shape index (κ1) is 11.8. The van der Waals surface area contributed by atoms with E-state index in [9.17, 15) is 4.79 Å². The van der Waals surface area contributed by atoms with Crippen LogP contribution in [-0.4, -0.2) is 23.2 Å². The van der Waals surface area contributed by atoms with Gasteiger partial charge in [-0.3, -0.25) is 4.79 Å². The number of H-pyrrole nitrogens is 1. The SMILES string of the molecule is O=c1[nH]c(-c2ccc3c(c2)OCCO3)nc2c1CSC2. The number of thioether (sulfide) groups is 1. The van der Waals surface area contributed by atoms with Crippen LogP contribution in [0.2, 0.25) is 0 Å². The van der Waals surface area contributed by atoms with E-state index in [2.05, 4.69) is 9.97 Å². The minimum atomic E-state index is -0.0371. The van der Waals surface area contributed by atoms with Crippen LogP contribution in [0.3, 0.4) is 0 Å². The third-order valence-electron chi connectivity index (χ3n) is 3.40. The smallest absolute Gasteiger partial charge is 0.255 e. The van der Waals surface area contributed by atoms with Crippen molar-refractivity contribution in [2.24, 2.45) is 0 Å². The van der Waals surface area contributed by atoms with E-state index in [4.69, 9.17) is 9.47 Å². The van der Waals surface area contributed by atoms with Gasteiger partial charge < -0.3 is 14.5 Å². The van der Waals surface area contributed by atoms with Crippen molar-refractivity contribution in [1.82, 2.24) is 9.97 Å². The minimum absolute atomic E-state index is 0.0371. The lowest BCUT2D eigenvalue weighted by molar-refractivity contribution is 0.171. The molecule has 0 fully saturated rings. The molecule has 1 N–H and O–H groups in total. The molecule has 0 amide bonds. The van der Waals surface area contributed by atoms with E-state index in [1.165, 1.54) is 0 Å². The van der Waals surface area contributed by atoms with Gasteiger partial charge in [-0.1, -0.05) is 0 Å². The van der Waals surface area contributed by atoms with E-state index in [0.29, 0.717) is 24.8 Å². The number of hydrogen-bond donors (Lipinski definition) is 1. The monoisotopic (exact) mass is 288 g/mol. The number of hydrogen-bond acceptors (Lipinski definition) is 5. The molecule has 20 heavy (non-hydrogen) atoms.